The molecule has 0 aliphatic rings. The Balaban J connectivity index is 1.79. The van der Waals surface area contributed by atoms with Gasteiger partial charge in [0.15, 0.2) is 0 Å². The van der Waals surface area contributed by atoms with E-state index in [9.17, 15) is 4.79 Å². The van der Waals surface area contributed by atoms with E-state index in [4.69, 9.17) is 14.0 Å². The number of nitrogens with zero attached hydrogens (tertiary/aromatic N) is 2. The smallest absolute Gasteiger partial charge is 0.258 e. The Labute approximate surface area is 138 Å². The molecule has 0 spiro atoms. The first-order chi connectivity index (χ1) is 11.7. The molecule has 2 heterocycles. The maximum absolute atomic E-state index is 12.4. The van der Waals surface area contributed by atoms with Crippen molar-refractivity contribution in [3.8, 4) is 22.8 Å². The van der Waals surface area contributed by atoms with Gasteiger partial charge in [0, 0.05) is 35.7 Å². The van der Waals surface area contributed by atoms with Gasteiger partial charge in [-0.2, -0.15) is 0 Å². The Morgan fingerprint density at radius 3 is 2.50 bits per heavy atom. The van der Waals surface area contributed by atoms with Crippen LogP contribution in [0.25, 0.3) is 11.3 Å². The minimum Gasteiger partial charge on any atom is -0.497 e. The number of carbonyl (C=O) groups is 1. The molecule has 0 saturated heterocycles. The van der Waals surface area contributed by atoms with Crippen molar-refractivity contribution in [3.05, 3.63) is 54.4 Å². The van der Waals surface area contributed by atoms with Gasteiger partial charge in [-0.15, -0.1) is 0 Å². The van der Waals surface area contributed by atoms with E-state index in [1.165, 1.54) is 14.2 Å². The highest BCUT2D eigenvalue weighted by Gasteiger charge is 2.13. The maximum Gasteiger partial charge on any atom is 0.258 e. The number of methoxy groups -OCH3 is 2. The molecule has 3 rings (SSSR count). The van der Waals surface area contributed by atoms with E-state index in [0.29, 0.717) is 22.8 Å². The zero-order chi connectivity index (χ0) is 16.9. The van der Waals surface area contributed by atoms with E-state index in [1.807, 2.05) is 6.07 Å². The van der Waals surface area contributed by atoms with Crippen molar-refractivity contribution < 1.29 is 18.8 Å². The molecule has 2 aromatic heterocycles. The van der Waals surface area contributed by atoms with Gasteiger partial charge in [0.25, 0.3) is 5.91 Å². The molecule has 1 aromatic carbocycles. The number of carbonyl (C=O) groups excluding carboxylic acids is 1. The molecule has 0 saturated carbocycles. The van der Waals surface area contributed by atoms with E-state index in [-0.39, 0.29) is 11.8 Å². The number of ether oxygens (including phenoxy) is 2. The Morgan fingerprint density at radius 2 is 1.88 bits per heavy atom. The van der Waals surface area contributed by atoms with E-state index in [2.05, 4.69) is 15.5 Å². The van der Waals surface area contributed by atoms with Crippen molar-refractivity contribution in [2.75, 3.05) is 19.5 Å². The summed E-state index contributed by atoms with van der Waals surface area (Å²) in [5.74, 6) is 0.919. The summed E-state index contributed by atoms with van der Waals surface area (Å²) in [6.07, 6.45) is 3.33. The Hall–Kier alpha value is -3.35. The molecule has 7 heteroatoms. The SMILES string of the molecule is COc1cc(OC)cc(C(=O)Nc2cc(-c3cccnc3)no2)c1. The van der Waals surface area contributed by atoms with Crippen LogP contribution in [0.2, 0.25) is 0 Å². The van der Waals surface area contributed by atoms with Gasteiger partial charge >= 0.3 is 0 Å². The zero-order valence-corrected chi connectivity index (χ0v) is 13.1. The monoisotopic (exact) mass is 325 g/mol. The van der Waals surface area contributed by atoms with Crippen LogP contribution < -0.4 is 14.8 Å². The molecule has 3 aromatic rings. The molecule has 1 N–H and O–H groups in total. The van der Waals surface area contributed by atoms with Gasteiger partial charge < -0.3 is 14.0 Å². The number of benzene rings is 1. The zero-order valence-electron chi connectivity index (χ0n) is 13.1. The molecule has 1 amide bonds. The van der Waals surface area contributed by atoms with Crippen LogP contribution in [0.1, 0.15) is 10.4 Å². The lowest BCUT2D eigenvalue weighted by atomic mass is 10.2. The quantitative estimate of drug-likeness (QED) is 0.776. The van der Waals surface area contributed by atoms with Gasteiger partial charge in [0.1, 0.15) is 17.2 Å². The molecular formula is C17H15N3O4. The van der Waals surface area contributed by atoms with E-state index < -0.39 is 0 Å². The molecule has 0 radical (unpaired) electrons. The molecule has 0 aliphatic carbocycles. The van der Waals surface area contributed by atoms with Crippen LogP contribution in [-0.4, -0.2) is 30.3 Å². The van der Waals surface area contributed by atoms with Crippen LogP contribution in [0.3, 0.4) is 0 Å². The van der Waals surface area contributed by atoms with Gasteiger partial charge in [-0.05, 0) is 24.3 Å². The van der Waals surface area contributed by atoms with Crippen LogP contribution >= 0.6 is 0 Å². The lowest BCUT2D eigenvalue weighted by Crippen LogP contribution is -2.11. The van der Waals surface area contributed by atoms with Gasteiger partial charge in [-0.1, -0.05) is 5.16 Å². The fraction of sp³-hybridized carbons (Fsp3) is 0.118. The van der Waals surface area contributed by atoms with E-state index >= 15 is 0 Å². The standard InChI is InChI=1S/C17H15N3O4/c1-22-13-6-12(7-14(8-13)23-2)17(21)19-16-9-15(20-24-16)11-4-3-5-18-10-11/h3-10H,1-2H3,(H,19,21). The second-order valence-corrected chi connectivity index (χ2v) is 4.87. The summed E-state index contributed by atoms with van der Waals surface area (Å²) in [5, 5.41) is 6.57. The predicted octanol–water partition coefficient (Wildman–Crippen LogP) is 3.01. The second kappa shape index (κ2) is 6.82. The third-order valence-electron chi connectivity index (χ3n) is 3.32. The van der Waals surface area contributed by atoms with Crippen molar-refractivity contribution in [1.29, 1.82) is 0 Å². The van der Waals surface area contributed by atoms with E-state index in [1.54, 1.807) is 42.7 Å². The number of hydrogen-bond donors (Lipinski definition) is 1. The Bertz CT molecular complexity index is 824. The van der Waals surface area contributed by atoms with Gasteiger partial charge in [-0.3, -0.25) is 15.1 Å². The first kappa shape index (κ1) is 15.5. The van der Waals surface area contributed by atoms with Gasteiger partial charge in [0.2, 0.25) is 5.88 Å². The topological polar surface area (TPSA) is 86.5 Å². The summed E-state index contributed by atoms with van der Waals surface area (Å²) < 4.78 is 15.5. The first-order valence-corrected chi connectivity index (χ1v) is 7.11. The second-order valence-electron chi connectivity index (χ2n) is 4.87. The van der Waals surface area contributed by atoms with Crippen molar-refractivity contribution in [2.45, 2.75) is 0 Å². The number of anilines is 1. The summed E-state index contributed by atoms with van der Waals surface area (Å²) in [5.41, 5.74) is 1.76. The molecule has 7 nitrogen and oxygen atoms in total. The molecule has 0 bridgehead atoms. The number of aromatic nitrogens is 2. The van der Waals surface area contributed by atoms with Crippen molar-refractivity contribution in [2.24, 2.45) is 0 Å². The molecule has 0 aliphatic heterocycles. The summed E-state index contributed by atoms with van der Waals surface area (Å²) in [6.45, 7) is 0. The summed E-state index contributed by atoms with van der Waals surface area (Å²) in [7, 11) is 3.04. The fourth-order valence-electron chi connectivity index (χ4n) is 2.11. The molecule has 0 unspecified atom stereocenters. The van der Waals surface area contributed by atoms with Crippen molar-refractivity contribution >= 4 is 11.8 Å². The number of rotatable bonds is 5. The van der Waals surface area contributed by atoms with Crippen LogP contribution in [0, 0.1) is 0 Å². The van der Waals surface area contributed by atoms with Crippen LogP contribution in [0.5, 0.6) is 11.5 Å². The minimum atomic E-state index is -0.360. The highest BCUT2D eigenvalue weighted by Crippen LogP contribution is 2.24. The third-order valence-corrected chi connectivity index (χ3v) is 3.32. The Kier molecular flexibility index (Phi) is 4.42. The van der Waals surface area contributed by atoms with Gasteiger partial charge in [0.05, 0.1) is 14.2 Å². The molecule has 24 heavy (non-hydrogen) atoms. The first-order valence-electron chi connectivity index (χ1n) is 7.11. The molecule has 0 atom stereocenters. The van der Waals surface area contributed by atoms with Crippen molar-refractivity contribution in [3.63, 3.8) is 0 Å². The molecular weight excluding hydrogens is 310 g/mol. The van der Waals surface area contributed by atoms with Crippen LogP contribution in [-0.2, 0) is 0 Å². The van der Waals surface area contributed by atoms with Gasteiger partial charge in [-0.25, -0.2) is 0 Å². The van der Waals surface area contributed by atoms with Crippen LogP contribution in [0.15, 0.2) is 53.3 Å². The maximum atomic E-state index is 12.4. The minimum absolute atomic E-state index is 0.237. The fourth-order valence-corrected chi connectivity index (χ4v) is 2.11. The average molecular weight is 325 g/mol. The van der Waals surface area contributed by atoms with E-state index in [0.717, 1.165) is 5.56 Å². The Morgan fingerprint density at radius 1 is 1.12 bits per heavy atom. The summed E-state index contributed by atoms with van der Waals surface area (Å²) in [6, 6.07) is 10.2. The summed E-state index contributed by atoms with van der Waals surface area (Å²) in [4.78, 5) is 16.4. The number of nitrogens with one attached hydrogen (secondary N) is 1. The van der Waals surface area contributed by atoms with Crippen LogP contribution in [0.4, 0.5) is 5.88 Å². The highest BCUT2D eigenvalue weighted by molar-refractivity contribution is 6.04. The number of pyridine rings is 1. The molecule has 122 valence electrons. The lowest BCUT2D eigenvalue weighted by Gasteiger charge is -2.07. The highest BCUT2D eigenvalue weighted by atomic mass is 16.5. The largest absolute Gasteiger partial charge is 0.497 e. The lowest BCUT2D eigenvalue weighted by molar-refractivity contribution is 0.102. The third kappa shape index (κ3) is 3.35. The van der Waals surface area contributed by atoms with Crippen molar-refractivity contribution in [1.82, 2.24) is 10.1 Å². The molecule has 0 fully saturated rings. The normalized spacial score (nSPS) is 10.2. The number of hydrogen-bond acceptors (Lipinski definition) is 6. The predicted molar refractivity (Wildman–Crippen MR) is 87.2 cm³/mol. The number of amides is 1. The average Bonchev–Trinajstić information content (AvgIpc) is 3.10. The summed E-state index contributed by atoms with van der Waals surface area (Å²) >= 11 is 0.